The molecule has 2 aromatic rings. The summed E-state index contributed by atoms with van der Waals surface area (Å²) in [6, 6.07) is 1.98. The number of nitrogens with zero attached hydrogens (tertiary/aromatic N) is 3. The molecule has 0 aliphatic heterocycles. The van der Waals surface area contributed by atoms with Gasteiger partial charge in [0.2, 0.25) is 0 Å². The van der Waals surface area contributed by atoms with Gasteiger partial charge in [-0.3, -0.25) is 4.68 Å². The van der Waals surface area contributed by atoms with Gasteiger partial charge in [0, 0.05) is 30.6 Å². The molecule has 0 spiro atoms. The van der Waals surface area contributed by atoms with Crippen LogP contribution >= 0.6 is 0 Å². The van der Waals surface area contributed by atoms with Crippen molar-refractivity contribution in [2.45, 2.75) is 19.6 Å². The summed E-state index contributed by atoms with van der Waals surface area (Å²) in [5.41, 5.74) is 12.0. The third kappa shape index (κ3) is 3.45. The van der Waals surface area contributed by atoms with E-state index in [2.05, 4.69) is 41.2 Å². The Hall–Kier alpha value is -2.06. The fourth-order valence-electron chi connectivity index (χ4n) is 1.56. The van der Waals surface area contributed by atoms with Crippen molar-refractivity contribution in [1.29, 1.82) is 0 Å². The van der Waals surface area contributed by atoms with Gasteiger partial charge in [-0.1, -0.05) is 25.6 Å². The summed E-state index contributed by atoms with van der Waals surface area (Å²) in [4.78, 5) is 4.22. The standard InChI is InChI=1S/C14H18N4Si/c1-18-10-13(9-17-18)12-7-11(14(15)16-8-12)5-6-19(2,3)4/h7-10H,1-4H3,(H2,15,16). The first kappa shape index (κ1) is 13.4. The second-order valence-electron chi connectivity index (χ2n) is 5.56. The largest absolute Gasteiger partial charge is 0.383 e. The van der Waals surface area contributed by atoms with Crippen molar-refractivity contribution in [2.75, 3.05) is 5.73 Å². The maximum Gasteiger partial charge on any atom is 0.139 e. The molecule has 0 radical (unpaired) electrons. The molecule has 98 valence electrons. The van der Waals surface area contributed by atoms with Crippen LogP contribution in [-0.2, 0) is 7.05 Å². The van der Waals surface area contributed by atoms with Crippen LogP contribution in [-0.4, -0.2) is 22.8 Å². The predicted molar refractivity (Wildman–Crippen MR) is 81.1 cm³/mol. The van der Waals surface area contributed by atoms with E-state index in [0.717, 1.165) is 16.7 Å². The maximum atomic E-state index is 5.88. The summed E-state index contributed by atoms with van der Waals surface area (Å²) >= 11 is 0. The molecule has 2 N–H and O–H groups in total. The minimum Gasteiger partial charge on any atom is -0.383 e. The van der Waals surface area contributed by atoms with Gasteiger partial charge in [0.1, 0.15) is 13.9 Å². The molecule has 2 heterocycles. The molecular weight excluding hydrogens is 252 g/mol. The monoisotopic (exact) mass is 270 g/mol. The quantitative estimate of drug-likeness (QED) is 0.639. The number of hydrogen-bond donors (Lipinski definition) is 1. The zero-order chi connectivity index (χ0) is 14.0. The van der Waals surface area contributed by atoms with Crippen LogP contribution in [0.15, 0.2) is 24.7 Å². The van der Waals surface area contributed by atoms with Crippen molar-refractivity contribution in [3.8, 4) is 22.6 Å². The second kappa shape index (κ2) is 4.90. The first-order valence-electron chi connectivity index (χ1n) is 6.13. The van der Waals surface area contributed by atoms with E-state index < -0.39 is 8.07 Å². The van der Waals surface area contributed by atoms with Crippen LogP contribution in [0.5, 0.6) is 0 Å². The first-order valence-corrected chi connectivity index (χ1v) is 9.63. The van der Waals surface area contributed by atoms with Crippen molar-refractivity contribution in [1.82, 2.24) is 14.8 Å². The number of aryl methyl sites for hydroxylation is 1. The zero-order valence-electron chi connectivity index (χ0n) is 11.7. The van der Waals surface area contributed by atoms with E-state index in [1.54, 1.807) is 10.9 Å². The van der Waals surface area contributed by atoms with Crippen molar-refractivity contribution >= 4 is 13.9 Å². The van der Waals surface area contributed by atoms with Gasteiger partial charge in [-0.05, 0) is 6.07 Å². The lowest BCUT2D eigenvalue weighted by atomic mass is 10.1. The summed E-state index contributed by atoms with van der Waals surface area (Å²) in [5, 5.41) is 4.16. The Balaban J connectivity index is 2.42. The average molecular weight is 270 g/mol. The highest BCUT2D eigenvalue weighted by Crippen LogP contribution is 2.20. The summed E-state index contributed by atoms with van der Waals surface area (Å²) < 4.78 is 1.76. The lowest BCUT2D eigenvalue weighted by Gasteiger charge is -2.05. The van der Waals surface area contributed by atoms with E-state index in [9.17, 15) is 0 Å². The minimum atomic E-state index is -1.42. The third-order valence-electron chi connectivity index (χ3n) is 2.53. The van der Waals surface area contributed by atoms with Gasteiger partial charge in [0.05, 0.1) is 11.8 Å². The van der Waals surface area contributed by atoms with E-state index >= 15 is 0 Å². The number of pyridine rings is 1. The SMILES string of the molecule is Cn1cc(-c2cnc(N)c(C#C[Si](C)(C)C)c2)cn1. The molecule has 0 aromatic carbocycles. The normalized spacial score (nSPS) is 10.9. The number of aromatic nitrogens is 3. The van der Waals surface area contributed by atoms with E-state index in [-0.39, 0.29) is 0 Å². The summed E-state index contributed by atoms with van der Waals surface area (Å²) in [6.07, 6.45) is 5.51. The van der Waals surface area contributed by atoms with E-state index in [1.165, 1.54) is 0 Å². The Morgan fingerprint density at radius 2 is 1.95 bits per heavy atom. The molecule has 0 fully saturated rings. The number of nitrogen functional groups attached to an aromatic ring is 1. The van der Waals surface area contributed by atoms with Gasteiger partial charge >= 0.3 is 0 Å². The number of hydrogen-bond acceptors (Lipinski definition) is 3. The average Bonchev–Trinajstić information content (AvgIpc) is 2.74. The molecule has 0 unspecified atom stereocenters. The highest BCUT2D eigenvalue weighted by atomic mass is 28.3. The number of nitrogens with two attached hydrogens (primary N) is 1. The highest BCUT2D eigenvalue weighted by Gasteiger charge is 2.09. The smallest absolute Gasteiger partial charge is 0.139 e. The Morgan fingerprint density at radius 1 is 1.21 bits per heavy atom. The van der Waals surface area contributed by atoms with Gasteiger partial charge in [0.15, 0.2) is 0 Å². The molecule has 0 aliphatic rings. The highest BCUT2D eigenvalue weighted by molar-refractivity contribution is 6.83. The Morgan fingerprint density at radius 3 is 2.53 bits per heavy atom. The number of anilines is 1. The van der Waals surface area contributed by atoms with Crippen LogP contribution < -0.4 is 5.73 Å². The van der Waals surface area contributed by atoms with Crippen molar-refractivity contribution < 1.29 is 0 Å². The Kier molecular flexibility index (Phi) is 3.45. The molecule has 0 bridgehead atoms. The minimum absolute atomic E-state index is 0.485. The summed E-state index contributed by atoms with van der Waals surface area (Å²) in [5.74, 6) is 3.65. The van der Waals surface area contributed by atoms with Crippen molar-refractivity contribution in [2.24, 2.45) is 7.05 Å². The topological polar surface area (TPSA) is 56.7 Å². The molecule has 4 nitrogen and oxygen atoms in total. The van der Waals surface area contributed by atoms with Crippen LogP contribution in [0.3, 0.4) is 0 Å². The van der Waals surface area contributed by atoms with Gasteiger partial charge in [-0.2, -0.15) is 5.10 Å². The molecular formula is C14H18N4Si. The lowest BCUT2D eigenvalue weighted by Crippen LogP contribution is -2.16. The Bertz CT molecular complexity index is 656. The van der Waals surface area contributed by atoms with Crippen LogP contribution in [0.1, 0.15) is 5.56 Å². The predicted octanol–water partition coefficient (Wildman–Crippen LogP) is 2.29. The molecule has 0 saturated heterocycles. The number of rotatable bonds is 1. The van der Waals surface area contributed by atoms with E-state index in [0.29, 0.717) is 5.82 Å². The third-order valence-corrected chi connectivity index (χ3v) is 3.40. The second-order valence-corrected chi connectivity index (χ2v) is 10.3. The lowest BCUT2D eigenvalue weighted by molar-refractivity contribution is 0.768. The summed E-state index contributed by atoms with van der Waals surface area (Å²) in [6.45, 7) is 6.61. The van der Waals surface area contributed by atoms with Crippen LogP contribution in [0, 0.1) is 11.5 Å². The molecule has 2 aromatic heterocycles. The molecule has 0 aliphatic carbocycles. The van der Waals surface area contributed by atoms with Gasteiger partial charge in [-0.15, -0.1) is 5.54 Å². The molecule has 0 amide bonds. The van der Waals surface area contributed by atoms with Gasteiger partial charge < -0.3 is 5.73 Å². The molecule has 19 heavy (non-hydrogen) atoms. The molecule has 0 saturated carbocycles. The first-order chi connectivity index (χ1) is 8.85. The Labute approximate surface area is 114 Å². The van der Waals surface area contributed by atoms with Crippen LogP contribution in [0.4, 0.5) is 5.82 Å². The van der Waals surface area contributed by atoms with Crippen molar-refractivity contribution in [3.05, 3.63) is 30.2 Å². The van der Waals surface area contributed by atoms with E-state index in [1.807, 2.05) is 25.5 Å². The van der Waals surface area contributed by atoms with Crippen molar-refractivity contribution in [3.63, 3.8) is 0 Å². The van der Waals surface area contributed by atoms with Gasteiger partial charge in [-0.25, -0.2) is 4.98 Å². The zero-order valence-corrected chi connectivity index (χ0v) is 12.7. The van der Waals surface area contributed by atoms with Crippen LogP contribution in [0.2, 0.25) is 19.6 Å². The van der Waals surface area contributed by atoms with Crippen LogP contribution in [0.25, 0.3) is 11.1 Å². The molecule has 5 heteroatoms. The van der Waals surface area contributed by atoms with Gasteiger partial charge in [0.25, 0.3) is 0 Å². The fraction of sp³-hybridized carbons (Fsp3) is 0.286. The fourth-order valence-corrected chi connectivity index (χ4v) is 2.07. The molecule has 0 atom stereocenters. The summed E-state index contributed by atoms with van der Waals surface area (Å²) in [7, 11) is 0.473. The molecule has 2 rings (SSSR count). The maximum absolute atomic E-state index is 5.88. The van der Waals surface area contributed by atoms with E-state index in [4.69, 9.17) is 5.73 Å².